The minimum atomic E-state index is -0.622. The highest BCUT2D eigenvalue weighted by molar-refractivity contribution is 5.87. The molecule has 4 rings (SSSR count). The Labute approximate surface area is 206 Å². The van der Waals surface area contributed by atoms with E-state index in [1.807, 2.05) is 26.0 Å². The molecule has 1 aliphatic heterocycles. The van der Waals surface area contributed by atoms with E-state index in [1.54, 1.807) is 31.3 Å². The summed E-state index contributed by atoms with van der Waals surface area (Å²) < 4.78 is 24.7. The van der Waals surface area contributed by atoms with Crippen molar-refractivity contribution < 1.29 is 23.5 Å². The summed E-state index contributed by atoms with van der Waals surface area (Å²) in [4.78, 5) is 28.2. The van der Waals surface area contributed by atoms with Crippen LogP contribution in [-0.2, 0) is 11.2 Å². The lowest BCUT2D eigenvalue weighted by Crippen LogP contribution is -2.54. The van der Waals surface area contributed by atoms with Gasteiger partial charge in [-0.15, -0.1) is 0 Å². The van der Waals surface area contributed by atoms with Gasteiger partial charge in [-0.1, -0.05) is 26.0 Å². The van der Waals surface area contributed by atoms with Crippen molar-refractivity contribution in [2.24, 2.45) is 5.92 Å². The SMILES string of the molecule is COc1cc2c(cc1OC)C(c1ccc(F)cc1)N(C(=O)N[C@@H](CC(C)C)C(=O)NC1CC1)CC2. The van der Waals surface area contributed by atoms with E-state index in [2.05, 4.69) is 10.6 Å². The predicted octanol–water partition coefficient (Wildman–Crippen LogP) is 4.19. The lowest BCUT2D eigenvalue weighted by atomic mass is 9.87. The molecular weight excluding hydrogens is 449 g/mol. The number of nitrogens with zero attached hydrogens (tertiary/aromatic N) is 1. The number of benzene rings is 2. The van der Waals surface area contributed by atoms with Gasteiger partial charge in [-0.2, -0.15) is 0 Å². The molecule has 0 aromatic heterocycles. The summed E-state index contributed by atoms with van der Waals surface area (Å²) in [5.41, 5.74) is 2.70. The van der Waals surface area contributed by atoms with Gasteiger partial charge in [0.05, 0.1) is 20.3 Å². The number of amides is 3. The number of methoxy groups -OCH3 is 2. The third-order valence-electron chi connectivity index (χ3n) is 6.57. The van der Waals surface area contributed by atoms with Crippen LogP contribution in [0.25, 0.3) is 0 Å². The summed E-state index contributed by atoms with van der Waals surface area (Å²) in [6, 6.07) is 8.79. The average molecular weight is 484 g/mol. The van der Waals surface area contributed by atoms with Crippen LogP contribution in [0, 0.1) is 11.7 Å². The van der Waals surface area contributed by atoms with Crippen LogP contribution >= 0.6 is 0 Å². The van der Waals surface area contributed by atoms with Gasteiger partial charge in [0.25, 0.3) is 0 Å². The molecule has 0 bridgehead atoms. The van der Waals surface area contributed by atoms with Crippen molar-refractivity contribution in [2.75, 3.05) is 20.8 Å². The summed E-state index contributed by atoms with van der Waals surface area (Å²) >= 11 is 0. The molecule has 0 radical (unpaired) electrons. The molecule has 188 valence electrons. The number of hydrogen-bond acceptors (Lipinski definition) is 4. The Hall–Kier alpha value is -3.29. The zero-order valence-electron chi connectivity index (χ0n) is 20.8. The number of urea groups is 1. The minimum Gasteiger partial charge on any atom is -0.493 e. The lowest BCUT2D eigenvalue weighted by Gasteiger charge is -2.39. The van der Waals surface area contributed by atoms with E-state index in [1.165, 1.54) is 12.1 Å². The van der Waals surface area contributed by atoms with Crippen molar-refractivity contribution in [2.45, 2.75) is 57.7 Å². The van der Waals surface area contributed by atoms with Gasteiger partial charge in [0.2, 0.25) is 5.91 Å². The number of carbonyl (C=O) groups is 2. The largest absolute Gasteiger partial charge is 0.493 e. The van der Waals surface area contributed by atoms with E-state index in [4.69, 9.17) is 9.47 Å². The summed E-state index contributed by atoms with van der Waals surface area (Å²) in [5, 5.41) is 6.00. The summed E-state index contributed by atoms with van der Waals surface area (Å²) in [6.07, 6.45) is 3.12. The first kappa shape index (κ1) is 24.8. The molecule has 8 heteroatoms. The lowest BCUT2D eigenvalue weighted by molar-refractivity contribution is -0.123. The van der Waals surface area contributed by atoms with Crippen LogP contribution in [0.15, 0.2) is 36.4 Å². The first-order chi connectivity index (χ1) is 16.8. The standard InChI is InChI=1S/C27H34FN3O4/c1-16(2)13-22(26(32)29-20-9-10-20)30-27(33)31-12-11-18-14-23(34-3)24(35-4)15-21(18)25(31)17-5-7-19(28)8-6-17/h5-8,14-16,20,22,25H,9-13H2,1-4H3,(H,29,32)(H,30,33)/t22-,25?/m0/s1. The van der Waals surface area contributed by atoms with Crippen molar-refractivity contribution in [1.82, 2.24) is 15.5 Å². The maximum absolute atomic E-state index is 13.7. The molecule has 0 spiro atoms. The maximum Gasteiger partial charge on any atom is 0.318 e. The maximum atomic E-state index is 13.7. The van der Waals surface area contributed by atoms with Crippen molar-refractivity contribution in [3.8, 4) is 11.5 Å². The molecule has 35 heavy (non-hydrogen) atoms. The van der Waals surface area contributed by atoms with Gasteiger partial charge in [-0.3, -0.25) is 4.79 Å². The van der Waals surface area contributed by atoms with Crippen LogP contribution < -0.4 is 20.1 Å². The Kier molecular flexibility index (Phi) is 7.48. The van der Waals surface area contributed by atoms with Crippen molar-refractivity contribution in [3.63, 3.8) is 0 Å². The van der Waals surface area contributed by atoms with Crippen molar-refractivity contribution >= 4 is 11.9 Å². The van der Waals surface area contributed by atoms with Crippen LogP contribution in [-0.4, -0.2) is 49.7 Å². The normalized spacial score (nSPS) is 18.0. The molecule has 7 nitrogen and oxygen atoms in total. The molecule has 2 aliphatic rings. The number of hydrogen-bond donors (Lipinski definition) is 2. The van der Waals surface area contributed by atoms with Crippen LogP contribution in [0.5, 0.6) is 11.5 Å². The first-order valence-electron chi connectivity index (χ1n) is 12.2. The molecular formula is C27H34FN3O4. The summed E-state index contributed by atoms with van der Waals surface area (Å²) in [5.74, 6) is 0.924. The van der Waals surface area contributed by atoms with Crippen LogP contribution in [0.4, 0.5) is 9.18 Å². The zero-order chi connectivity index (χ0) is 25.1. The Balaban J connectivity index is 1.67. The molecule has 2 atom stereocenters. The van der Waals surface area contributed by atoms with Gasteiger partial charge in [0.15, 0.2) is 11.5 Å². The molecule has 2 aromatic carbocycles. The molecule has 1 aliphatic carbocycles. The number of nitrogens with one attached hydrogen (secondary N) is 2. The van der Waals surface area contributed by atoms with Gasteiger partial charge in [-0.25, -0.2) is 9.18 Å². The van der Waals surface area contributed by atoms with Gasteiger partial charge < -0.3 is 25.0 Å². The highest BCUT2D eigenvalue weighted by Crippen LogP contribution is 2.41. The quantitative estimate of drug-likeness (QED) is 0.590. The van der Waals surface area contributed by atoms with Gasteiger partial charge in [0.1, 0.15) is 11.9 Å². The molecule has 2 N–H and O–H groups in total. The summed E-state index contributed by atoms with van der Waals surface area (Å²) in [6.45, 7) is 4.50. The van der Waals surface area contributed by atoms with Gasteiger partial charge >= 0.3 is 6.03 Å². The van der Waals surface area contributed by atoms with E-state index in [0.29, 0.717) is 30.9 Å². The molecule has 1 fully saturated rings. The Morgan fingerprint density at radius 3 is 2.34 bits per heavy atom. The summed E-state index contributed by atoms with van der Waals surface area (Å²) in [7, 11) is 3.16. The second-order valence-corrected chi connectivity index (χ2v) is 9.72. The van der Waals surface area contributed by atoms with Crippen molar-refractivity contribution in [1.29, 1.82) is 0 Å². The third-order valence-corrected chi connectivity index (χ3v) is 6.57. The Bertz CT molecular complexity index is 1070. The van der Waals surface area contributed by atoms with E-state index in [0.717, 1.165) is 29.5 Å². The first-order valence-corrected chi connectivity index (χ1v) is 12.2. The van der Waals surface area contributed by atoms with Crippen LogP contribution in [0.2, 0.25) is 0 Å². The topological polar surface area (TPSA) is 79.9 Å². The smallest absolute Gasteiger partial charge is 0.318 e. The number of rotatable bonds is 8. The Morgan fingerprint density at radius 2 is 1.74 bits per heavy atom. The number of carbonyl (C=O) groups excluding carboxylic acids is 2. The molecule has 1 saturated carbocycles. The monoisotopic (exact) mass is 483 g/mol. The second-order valence-electron chi connectivity index (χ2n) is 9.72. The second kappa shape index (κ2) is 10.5. The molecule has 0 saturated heterocycles. The van der Waals surface area contributed by atoms with E-state index in [-0.39, 0.29) is 29.7 Å². The number of fused-ring (bicyclic) bond motifs is 1. The molecule has 1 heterocycles. The highest BCUT2D eigenvalue weighted by Gasteiger charge is 2.36. The van der Waals surface area contributed by atoms with Gasteiger partial charge in [-0.05, 0) is 72.6 Å². The van der Waals surface area contributed by atoms with Crippen LogP contribution in [0.1, 0.15) is 55.8 Å². The minimum absolute atomic E-state index is 0.142. The zero-order valence-corrected chi connectivity index (χ0v) is 20.8. The fourth-order valence-corrected chi connectivity index (χ4v) is 4.63. The number of halogens is 1. The van der Waals surface area contributed by atoms with E-state index in [9.17, 15) is 14.0 Å². The van der Waals surface area contributed by atoms with E-state index >= 15 is 0 Å². The molecule has 3 amide bonds. The third kappa shape index (κ3) is 5.69. The van der Waals surface area contributed by atoms with E-state index < -0.39 is 12.1 Å². The Morgan fingerprint density at radius 1 is 1.09 bits per heavy atom. The predicted molar refractivity (Wildman–Crippen MR) is 131 cm³/mol. The average Bonchev–Trinajstić information content (AvgIpc) is 3.66. The molecule has 2 aromatic rings. The fourth-order valence-electron chi connectivity index (χ4n) is 4.63. The van der Waals surface area contributed by atoms with Crippen LogP contribution in [0.3, 0.4) is 0 Å². The van der Waals surface area contributed by atoms with Gasteiger partial charge in [0, 0.05) is 12.6 Å². The number of ether oxygens (including phenoxy) is 2. The van der Waals surface area contributed by atoms with Crippen molar-refractivity contribution in [3.05, 3.63) is 58.9 Å². The molecule has 1 unspecified atom stereocenters. The highest BCUT2D eigenvalue weighted by atomic mass is 19.1. The fraction of sp³-hybridized carbons (Fsp3) is 0.481.